The lowest BCUT2D eigenvalue weighted by molar-refractivity contribution is 0.0926. The van der Waals surface area contributed by atoms with Crippen molar-refractivity contribution in [2.75, 3.05) is 11.9 Å². The van der Waals surface area contributed by atoms with Gasteiger partial charge in [-0.15, -0.1) is 0 Å². The Bertz CT molecular complexity index is 1220. The SMILES string of the molecule is Cc1c(-c2ccnc(Nc3ccc4cn[nH]c4c3)n2)c(C)n2c1C(=O)NCC2. The van der Waals surface area contributed by atoms with Crippen LogP contribution in [0, 0.1) is 13.8 Å². The fourth-order valence-electron chi connectivity index (χ4n) is 3.91. The van der Waals surface area contributed by atoms with Crippen LogP contribution in [-0.4, -0.2) is 37.2 Å². The van der Waals surface area contributed by atoms with E-state index in [1.165, 1.54) is 0 Å². The lowest BCUT2D eigenvalue weighted by Gasteiger charge is -2.17. The van der Waals surface area contributed by atoms with Gasteiger partial charge in [0.1, 0.15) is 5.69 Å². The number of aromatic amines is 1. The summed E-state index contributed by atoms with van der Waals surface area (Å²) >= 11 is 0. The van der Waals surface area contributed by atoms with Crippen molar-refractivity contribution in [1.29, 1.82) is 0 Å². The number of carbonyl (C=O) groups is 1. The second-order valence-electron chi connectivity index (χ2n) is 6.90. The molecule has 0 saturated carbocycles. The van der Waals surface area contributed by atoms with Crippen molar-refractivity contribution >= 4 is 28.4 Å². The molecule has 28 heavy (non-hydrogen) atoms. The third-order valence-electron chi connectivity index (χ3n) is 5.21. The zero-order valence-corrected chi connectivity index (χ0v) is 15.6. The Morgan fingerprint density at radius 2 is 2.11 bits per heavy atom. The molecule has 1 amide bonds. The van der Waals surface area contributed by atoms with Gasteiger partial charge in [0.25, 0.3) is 5.91 Å². The molecule has 0 bridgehead atoms. The summed E-state index contributed by atoms with van der Waals surface area (Å²) < 4.78 is 2.07. The van der Waals surface area contributed by atoms with Gasteiger partial charge in [0.15, 0.2) is 0 Å². The number of nitrogens with one attached hydrogen (secondary N) is 3. The predicted molar refractivity (Wildman–Crippen MR) is 107 cm³/mol. The molecule has 8 nitrogen and oxygen atoms in total. The number of hydrogen-bond donors (Lipinski definition) is 3. The van der Waals surface area contributed by atoms with Gasteiger partial charge in [0.2, 0.25) is 5.95 Å². The van der Waals surface area contributed by atoms with Crippen molar-refractivity contribution in [3.8, 4) is 11.3 Å². The molecule has 0 fully saturated rings. The van der Waals surface area contributed by atoms with Crippen LogP contribution in [0.4, 0.5) is 11.6 Å². The summed E-state index contributed by atoms with van der Waals surface area (Å²) in [7, 11) is 0. The zero-order valence-electron chi connectivity index (χ0n) is 15.6. The zero-order chi connectivity index (χ0) is 19.3. The maximum absolute atomic E-state index is 12.3. The minimum absolute atomic E-state index is 0.0293. The van der Waals surface area contributed by atoms with Gasteiger partial charge in [-0.1, -0.05) is 0 Å². The fourth-order valence-corrected chi connectivity index (χ4v) is 3.91. The molecule has 0 unspecified atom stereocenters. The average molecular weight is 373 g/mol. The van der Waals surface area contributed by atoms with E-state index in [9.17, 15) is 4.79 Å². The Balaban J connectivity index is 1.53. The van der Waals surface area contributed by atoms with Crippen LogP contribution in [-0.2, 0) is 6.54 Å². The third kappa shape index (κ3) is 2.53. The standard InChI is InChI=1S/C20H19N7O/c1-11-17(12(2)27-8-7-21-19(28)18(11)27)15-5-6-22-20(25-15)24-14-4-3-13-10-23-26-16(13)9-14/h3-6,9-10H,7-8H2,1-2H3,(H,21,28)(H,23,26)(H,22,24,25). The van der Waals surface area contributed by atoms with Gasteiger partial charge in [-0.2, -0.15) is 5.10 Å². The minimum atomic E-state index is -0.0293. The average Bonchev–Trinajstić information content (AvgIpc) is 3.25. The number of nitrogens with zero attached hydrogens (tertiary/aromatic N) is 4. The number of carbonyl (C=O) groups excluding carboxylic acids is 1. The molecular formula is C20H19N7O. The maximum Gasteiger partial charge on any atom is 0.268 e. The van der Waals surface area contributed by atoms with Crippen LogP contribution in [0.15, 0.2) is 36.7 Å². The number of benzene rings is 1. The molecule has 4 heterocycles. The highest BCUT2D eigenvalue weighted by molar-refractivity contribution is 5.97. The fraction of sp³-hybridized carbons (Fsp3) is 0.200. The van der Waals surface area contributed by atoms with Crippen molar-refractivity contribution in [3.63, 3.8) is 0 Å². The molecule has 0 spiro atoms. The molecule has 1 aliphatic rings. The van der Waals surface area contributed by atoms with E-state index >= 15 is 0 Å². The quantitative estimate of drug-likeness (QED) is 0.513. The van der Waals surface area contributed by atoms with Gasteiger partial charge in [-0.05, 0) is 43.7 Å². The van der Waals surface area contributed by atoms with Gasteiger partial charge in [0.05, 0.1) is 17.4 Å². The van der Waals surface area contributed by atoms with Crippen LogP contribution in [0.3, 0.4) is 0 Å². The number of H-pyrrole nitrogens is 1. The van der Waals surface area contributed by atoms with E-state index in [1.807, 2.05) is 38.1 Å². The van der Waals surface area contributed by atoms with Crippen molar-refractivity contribution < 1.29 is 4.79 Å². The number of amides is 1. The second-order valence-corrected chi connectivity index (χ2v) is 6.90. The van der Waals surface area contributed by atoms with E-state index in [2.05, 4.69) is 30.4 Å². The summed E-state index contributed by atoms with van der Waals surface area (Å²) in [5, 5.41) is 14.2. The second kappa shape index (κ2) is 6.19. The highest BCUT2D eigenvalue weighted by Crippen LogP contribution is 2.32. The normalized spacial score (nSPS) is 13.4. The number of anilines is 2. The van der Waals surface area contributed by atoms with Gasteiger partial charge >= 0.3 is 0 Å². The van der Waals surface area contributed by atoms with Crippen LogP contribution in [0.5, 0.6) is 0 Å². The number of fused-ring (bicyclic) bond motifs is 2. The largest absolute Gasteiger partial charge is 0.349 e. The van der Waals surface area contributed by atoms with E-state index in [1.54, 1.807) is 12.4 Å². The summed E-state index contributed by atoms with van der Waals surface area (Å²) in [6.45, 7) is 5.42. The number of hydrogen-bond acceptors (Lipinski definition) is 5. The molecule has 0 atom stereocenters. The van der Waals surface area contributed by atoms with Crippen LogP contribution in [0.2, 0.25) is 0 Å². The molecule has 0 radical (unpaired) electrons. The van der Waals surface area contributed by atoms with Crippen LogP contribution >= 0.6 is 0 Å². The Morgan fingerprint density at radius 3 is 2.96 bits per heavy atom. The van der Waals surface area contributed by atoms with Crippen molar-refractivity contribution in [1.82, 2.24) is 30.0 Å². The van der Waals surface area contributed by atoms with E-state index < -0.39 is 0 Å². The molecule has 3 aromatic heterocycles. The molecule has 8 heteroatoms. The first-order chi connectivity index (χ1) is 13.6. The van der Waals surface area contributed by atoms with E-state index in [0.29, 0.717) is 12.5 Å². The summed E-state index contributed by atoms with van der Waals surface area (Å²) in [6, 6.07) is 7.80. The molecule has 5 rings (SSSR count). The minimum Gasteiger partial charge on any atom is -0.349 e. The summed E-state index contributed by atoms with van der Waals surface area (Å²) in [4.78, 5) is 21.4. The third-order valence-corrected chi connectivity index (χ3v) is 5.21. The molecule has 1 aromatic carbocycles. The molecule has 0 aliphatic carbocycles. The molecule has 140 valence electrons. The Hall–Kier alpha value is -3.68. The highest BCUT2D eigenvalue weighted by Gasteiger charge is 2.26. The van der Waals surface area contributed by atoms with E-state index in [4.69, 9.17) is 4.98 Å². The van der Waals surface area contributed by atoms with E-state index in [0.717, 1.165) is 51.3 Å². The smallest absolute Gasteiger partial charge is 0.268 e. The van der Waals surface area contributed by atoms with Crippen molar-refractivity contribution in [2.24, 2.45) is 0 Å². The summed E-state index contributed by atoms with van der Waals surface area (Å²) in [5.41, 5.74) is 6.31. The summed E-state index contributed by atoms with van der Waals surface area (Å²) in [6.07, 6.45) is 3.52. The lowest BCUT2D eigenvalue weighted by atomic mass is 10.1. The predicted octanol–water partition coefficient (Wildman–Crippen LogP) is 2.93. The van der Waals surface area contributed by atoms with Crippen molar-refractivity contribution in [3.05, 3.63) is 53.6 Å². The Kier molecular flexibility index (Phi) is 3.65. The van der Waals surface area contributed by atoms with Gasteiger partial charge in [-0.3, -0.25) is 9.89 Å². The molecule has 4 aromatic rings. The molecule has 1 aliphatic heterocycles. The number of aromatic nitrogens is 5. The van der Waals surface area contributed by atoms with Crippen LogP contribution in [0.25, 0.3) is 22.2 Å². The van der Waals surface area contributed by atoms with Crippen molar-refractivity contribution in [2.45, 2.75) is 20.4 Å². The Labute approximate surface area is 161 Å². The lowest BCUT2D eigenvalue weighted by Crippen LogP contribution is -2.35. The first-order valence-electron chi connectivity index (χ1n) is 9.13. The van der Waals surface area contributed by atoms with Gasteiger partial charge < -0.3 is 15.2 Å². The first-order valence-corrected chi connectivity index (χ1v) is 9.13. The first kappa shape index (κ1) is 16.5. The molecule has 0 saturated heterocycles. The van der Waals surface area contributed by atoms with Crippen LogP contribution in [0.1, 0.15) is 21.7 Å². The number of rotatable bonds is 3. The molecular weight excluding hydrogens is 354 g/mol. The monoisotopic (exact) mass is 373 g/mol. The maximum atomic E-state index is 12.3. The topological polar surface area (TPSA) is 101 Å². The van der Waals surface area contributed by atoms with Gasteiger partial charge in [-0.25, -0.2) is 9.97 Å². The molecule has 3 N–H and O–H groups in total. The van der Waals surface area contributed by atoms with Gasteiger partial charge in [0, 0.05) is 41.6 Å². The highest BCUT2D eigenvalue weighted by atomic mass is 16.2. The van der Waals surface area contributed by atoms with E-state index in [-0.39, 0.29) is 5.91 Å². The van der Waals surface area contributed by atoms with Crippen LogP contribution < -0.4 is 10.6 Å². The summed E-state index contributed by atoms with van der Waals surface area (Å²) in [5.74, 6) is 0.474. The Morgan fingerprint density at radius 1 is 1.21 bits per heavy atom.